The lowest BCUT2D eigenvalue weighted by Crippen LogP contribution is -2.14. The lowest BCUT2D eigenvalue weighted by atomic mass is 10.2. The highest BCUT2D eigenvalue weighted by molar-refractivity contribution is 7.98. The molecule has 0 aliphatic carbocycles. The molecule has 0 amide bonds. The van der Waals surface area contributed by atoms with Gasteiger partial charge in [-0.25, -0.2) is 4.98 Å². The maximum atomic E-state index is 12.3. The van der Waals surface area contributed by atoms with Gasteiger partial charge >= 0.3 is 0 Å². The molecular weight excluding hydrogens is 380 g/mol. The first-order valence-electron chi connectivity index (χ1n) is 8.21. The third-order valence-electron chi connectivity index (χ3n) is 3.94. The van der Waals surface area contributed by atoms with Crippen LogP contribution in [0.2, 0.25) is 0 Å². The van der Waals surface area contributed by atoms with Crippen molar-refractivity contribution in [2.75, 3.05) is 0 Å². The van der Waals surface area contributed by atoms with Gasteiger partial charge in [-0.3, -0.25) is 18.7 Å². The van der Waals surface area contributed by atoms with Crippen LogP contribution >= 0.6 is 23.1 Å². The van der Waals surface area contributed by atoms with Gasteiger partial charge in [0.2, 0.25) is 0 Å². The van der Waals surface area contributed by atoms with Crippen LogP contribution in [0.3, 0.4) is 0 Å². The molecule has 4 aromatic rings. The molecule has 4 aromatic heterocycles. The molecule has 0 N–H and O–H groups in total. The van der Waals surface area contributed by atoms with Crippen molar-refractivity contribution in [1.82, 2.24) is 29.1 Å². The van der Waals surface area contributed by atoms with E-state index in [1.54, 1.807) is 22.9 Å². The van der Waals surface area contributed by atoms with Crippen molar-refractivity contribution in [2.24, 2.45) is 0 Å². The van der Waals surface area contributed by atoms with E-state index in [2.05, 4.69) is 26.7 Å². The molecule has 0 saturated carbocycles. The molecule has 0 radical (unpaired) electrons. The van der Waals surface area contributed by atoms with Gasteiger partial charge in [-0.1, -0.05) is 17.8 Å². The highest BCUT2D eigenvalue weighted by Gasteiger charge is 2.14. The average molecular weight is 397 g/mol. The van der Waals surface area contributed by atoms with Crippen molar-refractivity contribution in [3.63, 3.8) is 0 Å². The Labute approximate surface area is 163 Å². The molecule has 0 aromatic carbocycles. The van der Waals surface area contributed by atoms with E-state index in [1.807, 2.05) is 35.1 Å². The molecule has 0 aliphatic rings. The van der Waals surface area contributed by atoms with Crippen LogP contribution in [0.1, 0.15) is 11.4 Å². The third-order valence-corrected chi connectivity index (χ3v) is 5.89. The zero-order chi connectivity index (χ0) is 18.8. The molecule has 0 saturated heterocycles. The minimum Gasteiger partial charge on any atom is -0.298 e. The Hall–Kier alpha value is -2.78. The van der Waals surface area contributed by atoms with Crippen LogP contribution in [0.15, 0.2) is 58.6 Å². The lowest BCUT2D eigenvalue weighted by Gasteiger charge is -2.07. The van der Waals surface area contributed by atoms with Crippen molar-refractivity contribution < 1.29 is 0 Å². The second kappa shape index (κ2) is 7.45. The Morgan fingerprint density at radius 1 is 1.30 bits per heavy atom. The summed E-state index contributed by atoms with van der Waals surface area (Å²) in [5.41, 5.74) is 2.52. The summed E-state index contributed by atoms with van der Waals surface area (Å²) >= 11 is 2.97. The van der Waals surface area contributed by atoms with Crippen LogP contribution in [0, 0.1) is 6.92 Å². The van der Waals surface area contributed by atoms with Gasteiger partial charge in [0, 0.05) is 47.4 Å². The maximum Gasteiger partial charge on any atom is 0.258 e. The summed E-state index contributed by atoms with van der Waals surface area (Å²) in [6.07, 6.45) is 5.26. The summed E-state index contributed by atoms with van der Waals surface area (Å²) in [6, 6.07) is 5.37. The molecular formula is C18H16N6OS2. The van der Waals surface area contributed by atoms with E-state index < -0.39 is 0 Å². The fraction of sp³-hybridized carbons (Fsp3) is 0.167. The highest BCUT2D eigenvalue weighted by Crippen LogP contribution is 2.26. The lowest BCUT2D eigenvalue weighted by molar-refractivity contribution is 0.731. The summed E-state index contributed by atoms with van der Waals surface area (Å²) in [6.45, 7) is 6.32. The van der Waals surface area contributed by atoms with Crippen LogP contribution in [-0.2, 0) is 12.3 Å². The fourth-order valence-electron chi connectivity index (χ4n) is 2.72. The van der Waals surface area contributed by atoms with Gasteiger partial charge < -0.3 is 0 Å². The molecule has 0 fully saturated rings. The minimum absolute atomic E-state index is 0.0561. The predicted molar refractivity (Wildman–Crippen MR) is 107 cm³/mol. The van der Waals surface area contributed by atoms with Gasteiger partial charge in [0.15, 0.2) is 15.9 Å². The first kappa shape index (κ1) is 17.6. The number of allylic oxidation sites excluding steroid dienone is 1. The first-order chi connectivity index (χ1) is 13.2. The molecule has 0 atom stereocenters. The standard InChI is InChI=1S/C18H16N6OS2/c1-3-8-23-16(13-4-6-19-7-5-13)21-22-18(23)27-11-14-9-15(25)24-12(2)10-26-17(24)20-14/h3-7,9-10H,1,8,11H2,2H3. The second-order valence-electron chi connectivity index (χ2n) is 5.81. The Morgan fingerprint density at radius 3 is 2.89 bits per heavy atom. The Morgan fingerprint density at radius 2 is 2.11 bits per heavy atom. The highest BCUT2D eigenvalue weighted by atomic mass is 32.2. The molecule has 0 spiro atoms. The Kier molecular flexibility index (Phi) is 4.87. The van der Waals surface area contributed by atoms with E-state index in [0.29, 0.717) is 17.3 Å². The van der Waals surface area contributed by atoms with Gasteiger partial charge in [0.1, 0.15) is 0 Å². The number of thiazole rings is 1. The molecule has 4 rings (SSSR count). The van der Waals surface area contributed by atoms with Crippen molar-refractivity contribution in [3.05, 3.63) is 70.4 Å². The van der Waals surface area contributed by atoms with Crippen molar-refractivity contribution >= 4 is 28.1 Å². The zero-order valence-electron chi connectivity index (χ0n) is 14.6. The van der Waals surface area contributed by atoms with Crippen LogP contribution in [0.5, 0.6) is 0 Å². The van der Waals surface area contributed by atoms with E-state index in [1.165, 1.54) is 23.1 Å². The van der Waals surface area contributed by atoms with E-state index in [-0.39, 0.29) is 5.56 Å². The monoisotopic (exact) mass is 396 g/mol. The number of hydrogen-bond acceptors (Lipinski definition) is 7. The van der Waals surface area contributed by atoms with Crippen LogP contribution in [0.25, 0.3) is 16.3 Å². The normalized spacial score (nSPS) is 11.1. The van der Waals surface area contributed by atoms with Gasteiger partial charge in [-0.05, 0) is 19.1 Å². The van der Waals surface area contributed by atoms with E-state index in [0.717, 1.165) is 27.9 Å². The summed E-state index contributed by atoms with van der Waals surface area (Å²) in [4.78, 5) is 21.7. The summed E-state index contributed by atoms with van der Waals surface area (Å²) < 4.78 is 3.62. The first-order valence-corrected chi connectivity index (χ1v) is 10.1. The Bertz CT molecular complexity index is 1160. The predicted octanol–water partition coefficient (Wildman–Crippen LogP) is 3.20. The zero-order valence-corrected chi connectivity index (χ0v) is 16.2. The van der Waals surface area contributed by atoms with Crippen LogP contribution in [0.4, 0.5) is 0 Å². The van der Waals surface area contributed by atoms with Gasteiger partial charge in [0.25, 0.3) is 5.56 Å². The van der Waals surface area contributed by atoms with Crippen LogP contribution < -0.4 is 5.56 Å². The number of rotatable bonds is 6. The molecule has 0 bridgehead atoms. The summed E-state index contributed by atoms with van der Waals surface area (Å²) in [5, 5.41) is 11.3. The number of nitrogens with zero attached hydrogens (tertiary/aromatic N) is 6. The summed E-state index contributed by atoms with van der Waals surface area (Å²) in [7, 11) is 0. The third kappa shape index (κ3) is 3.43. The van der Waals surface area contributed by atoms with E-state index >= 15 is 0 Å². The van der Waals surface area contributed by atoms with Crippen LogP contribution in [-0.4, -0.2) is 29.1 Å². The van der Waals surface area contributed by atoms with E-state index in [4.69, 9.17) is 0 Å². The van der Waals surface area contributed by atoms with Gasteiger partial charge in [-0.15, -0.1) is 28.1 Å². The molecule has 7 nitrogen and oxygen atoms in total. The van der Waals surface area contributed by atoms with Gasteiger partial charge in [-0.2, -0.15) is 0 Å². The molecule has 9 heteroatoms. The van der Waals surface area contributed by atoms with E-state index in [9.17, 15) is 4.79 Å². The largest absolute Gasteiger partial charge is 0.298 e. The second-order valence-corrected chi connectivity index (χ2v) is 7.59. The molecule has 136 valence electrons. The summed E-state index contributed by atoms with van der Waals surface area (Å²) in [5.74, 6) is 1.30. The molecule has 27 heavy (non-hydrogen) atoms. The SMILES string of the molecule is C=CCn1c(SCc2cc(=O)n3c(C)csc3n2)nnc1-c1ccncc1. The Balaban J connectivity index is 1.62. The smallest absolute Gasteiger partial charge is 0.258 e. The minimum atomic E-state index is -0.0561. The van der Waals surface area contributed by atoms with Crippen molar-refractivity contribution in [2.45, 2.75) is 24.4 Å². The van der Waals surface area contributed by atoms with Gasteiger partial charge in [0.05, 0.1) is 5.69 Å². The maximum absolute atomic E-state index is 12.3. The quantitative estimate of drug-likeness (QED) is 0.368. The number of aryl methyl sites for hydroxylation is 1. The number of aromatic nitrogens is 6. The molecule has 4 heterocycles. The molecule has 0 aliphatic heterocycles. The van der Waals surface area contributed by atoms with Crippen molar-refractivity contribution in [1.29, 1.82) is 0 Å². The van der Waals surface area contributed by atoms with Crippen molar-refractivity contribution in [3.8, 4) is 11.4 Å². The topological polar surface area (TPSA) is 78.0 Å². The number of pyridine rings is 1. The number of fused-ring (bicyclic) bond motifs is 1. The number of hydrogen-bond donors (Lipinski definition) is 0. The fourth-order valence-corrected chi connectivity index (χ4v) is 4.45. The number of thioether (sulfide) groups is 1. The average Bonchev–Trinajstić information content (AvgIpc) is 3.25. The molecule has 0 unspecified atom stereocenters.